The highest BCUT2D eigenvalue weighted by Gasteiger charge is 2.24. The first-order valence-electron chi connectivity index (χ1n) is 21.1. The number of para-hydroxylation sites is 2. The lowest BCUT2D eigenvalue weighted by Gasteiger charge is -2.19. The number of hydrogen-bond acceptors (Lipinski definition) is 12. The van der Waals surface area contributed by atoms with Gasteiger partial charge in [0.15, 0.2) is 11.3 Å². The molecule has 1 fully saturated rings. The molecule has 0 amide bonds. The van der Waals surface area contributed by atoms with Crippen LogP contribution in [-0.2, 0) is 0 Å². The molecule has 4 aromatic heterocycles. The molecule has 1 saturated carbocycles. The number of nitrogens with one attached hydrogen (secondary N) is 2. The molecule has 1 aliphatic carbocycles. The SMILES string of the molecule is CC(C)(O)CNc1cc(Oc2ccccc2)nn2c(-c3ccc(C(=S)CC4CC4)cc3)cnc12.CC(C)(O)CNc1cc(Oc2ccccc2)nn2c(-c3ccc(C=O)cc3)cnc12. The van der Waals surface area contributed by atoms with Crippen LogP contribution in [0.2, 0.25) is 0 Å². The first-order chi connectivity index (χ1) is 30.8. The molecule has 0 unspecified atom stereocenters. The number of carbonyl (C=O) groups excluding carboxylic acids is 1. The maximum atomic E-state index is 11.0. The number of aldehydes is 1. The van der Waals surface area contributed by atoms with E-state index < -0.39 is 11.2 Å². The van der Waals surface area contributed by atoms with Crippen LogP contribution in [0.25, 0.3) is 33.8 Å². The van der Waals surface area contributed by atoms with Crippen molar-refractivity contribution in [3.05, 3.63) is 145 Å². The summed E-state index contributed by atoms with van der Waals surface area (Å²) in [5.41, 5.74) is 6.06. The lowest BCUT2D eigenvalue weighted by Crippen LogP contribution is -2.29. The van der Waals surface area contributed by atoms with Gasteiger partial charge in [0.1, 0.15) is 17.8 Å². The fourth-order valence-electron chi connectivity index (χ4n) is 6.75. The van der Waals surface area contributed by atoms with Gasteiger partial charge in [0.05, 0.1) is 46.4 Å². The minimum atomic E-state index is -0.902. The molecule has 8 aromatic rings. The summed E-state index contributed by atoms with van der Waals surface area (Å²) in [6.45, 7) is 7.65. The zero-order valence-corrected chi connectivity index (χ0v) is 36.9. The third-order valence-electron chi connectivity index (χ3n) is 10.3. The molecule has 4 aromatic carbocycles. The van der Waals surface area contributed by atoms with E-state index in [-0.39, 0.29) is 0 Å². The number of benzene rings is 4. The Bertz CT molecular complexity index is 2870. The van der Waals surface area contributed by atoms with Crippen LogP contribution in [0.15, 0.2) is 134 Å². The number of imidazole rings is 2. The average Bonchev–Trinajstić information content (AvgIpc) is 3.83. The van der Waals surface area contributed by atoms with Crippen molar-refractivity contribution in [1.29, 1.82) is 0 Å². The highest BCUT2D eigenvalue weighted by atomic mass is 32.1. The fraction of sp³-hybridized carbons (Fsp3) is 0.240. The van der Waals surface area contributed by atoms with Crippen molar-refractivity contribution in [3.63, 3.8) is 0 Å². The summed E-state index contributed by atoms with van der Waals surface area (Å²) in [5, 5.41) is 36.2. The molecule has 0 atom stereocenters. The van der Waals surface area contributed by atoms with Crippen molar-refractivity contribution in [3.8, 4) is 45.8 Å². The second kappa shape index (κ2) is 18.8. The molecule has 0 saturated heterocycles. The summed E-state index contributed by atoms with van der Waals surface area (Å²) in [4.78, 5) is 21.1. The highest BCUT2D eigenvalue weighted by Crippen LogP contribution is 2.35. The summed E-state index contributed by atoms with van der Waals surface area (Å²) < 4.78 is 15.5. The molecular formula is C50H50N8O5S. The van der Waals surface area contributed by atoms with Crippen LogP contribution in [0.4, 0.5) is 11.4 Å². The van der Waals surface area contributed by atoms with Crippen LogP contribution in [0.3, 0.4) is 0 Å². The number of anilines is 2. The zero-order chi connectivity index (χ0) is 44.8. The Labute approximate surface area is 376 Å². The molecule has 13 nitrogen and oxygen atoms in total. The largest absolute Gasteiger partial charge is 0.438 e. The van der Waals surface area contributed by atoms with E-state index in [2.05, 4.69) is 50.0 Å². The van der Waals surface area contributed by atoms with Gasteiger partial charge >= 0.3 is 0 Å². The minimum Gasteiger partial charge on any atom is -0.438 e. The number of rotatable bonds is 16. The monoisotopic (exact) mass is 874 g/mol. The van der Waals surface area contributed by atoms with Gasteiger partial charge in [-0.3, -0.25) is 4.79 Å². The van der Waals surface area contributed by atoms with E-state index in [0.717, 1.165) is 57.3 Å². The average molecular weight is 875 g/mol. The maximum Gasteiger partial charge on any atom is 0.239 e. The van der Waals surface area contributed by atoms with E-state index >= 15 is 0 Å². The van der Waals surface area contributed by atoms with Gasteiger partial charge in [-0.05, 0) is 82.7 Å². The first kappa shape index (κ1) is 43.6. The van der Waals surface area contributed by atoms with Crippen molar-refractivity contribution < 1.29 is 24.5 Å². The molecule has 9 rings (SSSR count). The first-order valence-corrected chi connectivity index (χ1v) is 21.5. The molecule has 64 heavy (non-hydrogen) atoms. The molecule has 4 N–H and O–H groups in total. The Morgan fingerprint density at radius 3 is 1.53 bits per heavy atom. The van der Waals surface area contributed by atoms with E-state index in [1.54, 1.807) is 67.3 Å². The number of nitrogens with zero attached hydrogens (tertiary/aromatic N) is 6. The van der Waals surface area contributed by atoms with Crippen LogP contribution < -0.4 is 20.1 Å². The van der Waals surface area contributed by atoms with E-state index in [0.29, 0.717) is 58.9 Å². The van der Waals surface area contributed by atoms with Crippen LogP contribution >= 0.6 is 12.2 Å². The van der Waals surface area contributed by atoms with Gasteiger partial charge in [0.25, 0.3) is 0 Å². The van der Waals surface area contributed by atoms with Crippen molar-refractivity contribution in [2.75, 3.05) is 23.7 Å². The fourth-order valence-corrected chi connectivity index (χ4v) is 7.12. The Hall–Kier alpha value is -7.00. The van der Waals surface area contributed by atoms with E-state index in [9.17, 15) is 15.0 Å². The smallest absolute Gasteiger partial charge is 0.239 e. The van der Waals surface area contributed by atoms with Gasteiger partial charge in [-0.2, -0.15) is 0 Å². The summed E-state index contributed by atoms with van der Waals surface area (Å²) >= 11 is 5.64. The zero-order valence-electron chi connectivity index (χ0n) is 36.1. The summed E-state index contributed by atoms with van der Waals surface area (Å²) in [6.07, 6.45) is 7.93. The molecule has 0 aliphatic heterocycles. The van der Waals surface area contributed by atoms with Crippen LogP contribution in [0, 0.1) is 5.92 Å². The second-order valence-electron chi connectivity index (χ2n) is 17.1. The van der Waals surface area contributed by atoms with Gasteiger partial charge < -0.3 is 30.3 Å². The predicted octanol–water partition coefficient (Wildman–Crippen LogP) is 10.1. The molecule has 0 radical (unpaired) electrons. The van der Waals surface area contributed by atoms with Crippen LogP contribution in [0.5, 0.6) is 23.3 Å². The Morgan fingerprint density at radius 2 is 1.12 bits per heavy atom. The highest BCUT2D eigenvalue weighted by molar-refractivity contribution is 7.80. The molecular weight excluding hydrogens is 825 g/mol. The van der Waals surface area contributed by atoms with Gasteiger partial charge in [-0.25, -0.2) is 19.0 Å². The number of aliphatic hydroxyl groups is 2. The normalized spacial score (nSPS) is 12.7. The number of carbonyl (C=O) groups is 1. The molecule has 4 heterocycles. The van der Waals surface area contributed by atoms with Gasteiger partial charge in [0, 0.05) is 46.8 Å². The molecule has 1 aliphatic rings. The molecule has 0 bridgehead atoms. The number of ether oxygens (including phenoxy) is 2. The molecule has 326 valence electrons. The second-order valence-corrected chi connectivity index (χ2v) is 17.6. The van der Waals surface area contributed by atoms with Crippen molar-refractivity contribution >= 4 is 46.0 Å². The maximum absolute atomic E-state index is 11.0. The van der Waals surface area contributed by atoms with Gasteiger partial charge in [0.2, 0.25) is 11.8 Å². The predicted molar refractivity (Wildman–Crippen MR) is 254 cm³/mol. The van der Waals surface area contributed by atoms with Crippen LogP contribution in [0.1, 0.15) is 62.9 Å². The minimum absolute atomic E-state index is 0.327. The Kier molecular flexibility index (Phi) is 12.8. The van der Waals surface area contributed by atoms with E-state index in [4.69, 9.17) is 26.8 Å². The lowest BCUT2D eigenvalue weighted by atomic mass is 10.0. The van der Waals surface area contributed by atoms with Gasteiger partial charge in [-0.1, -0.05) is 97.1 Å². The summed E-state index contributed by atoms with van der Waals surface area (Å²) in [6, 6.07) is 38.0. The number of fused-ring (bicyclic) bond motifs is 2. The number of aromatic nitrogens is 6. The third kappa shape index (κ3) is 11.1. The van der Waals surface area contributed by atoms with E-state index in [1.807, 2.05) is 78.9 Å². The van der Waals surface area contributed by atoms with Gasteiger partial charge in [-0.15, -0.1) is 10.2 Å². The molecule has 0 spiro atoms. The number of thiocarbonyl (C=S) groups is 1. The quantitative estimate of drug-likeness (QED) is 0.0414. The van der Waals surface area contributed by atoms with Crippen LogP contribution in [-0.4, -0.2) is 74.9 Å². The summed E-state index contributed by atoms with van der Waals surface area (Å²) in [5.74, 6) is 2.94. The third-order valence-corrected chi connectivity index (χ3v) is 10.7. The number of hydrogen-bond donors (Lipinski definition) is 4. The summed E-state index contributed by atoms with van der Waals surface area (Å²) in [7, 11) is 0. The van der Waals surface area contributed by atoms with E-state index in [1.165, 1.54) is 12.8 Å². The standard InChI is InChI=1S/C27H28N4O2S.C23H22N4O3/c1-27(2,32)17-29-22-15-25(33-21-6-4-3-5-7-21)30-31-23(16-28-26(22)31)19-10-12-20(13-11-19)24(34)14-18-8-9-18;1-23(2,29)15-25-19-12-21(30-18-6-4-3-5-7-18)26-27-20(13-24-22(19)27)17-10-8-16(14-28)9-11-17/h3-7,10-13,15-16,18,29,32H,8-9,14,17H2,1-2H3;3-14,25,29H,15H2,1-2H3. The van der Waals surface area contributed by atoms with Crippen molar-refractivity contribution in [1.82, 2.24) is 29.2 Å². The lowest BCUT2D eigenvalue weighted by molar-refractivity contribution is 0.0939. The van der Waals surface area contributed by atoms with Crippen molar-refractivity contribution in [2.45, 2.75) is 58.2 Å². The van der Waals surface area contributed by atoms with Crippen molar-refractivity contribution in [2.24, 2.45) is 5.92 Å². The Balaban J connectivity index is 0.000000176. The Morgan fingerprint density at radius 1 is 0.688 bits per heavy atom. The molecule has 14 heteroatoms. The topological polar surface area (TPSA) is 160 Å².